The largest absolute Gasteiger partial charge is 0.493 e. The number of aromatic nitrogens is 1. The molecular weight excluding hydrogens is 339 g/mol. The summed E-state index contributed by atoms with van der Waals surface area (Å²) in [6, 6.07) is 11.2. The zero-order valence-corrected chi connectivity index (χ0v) is 13.5. The Morgan fingerprint density at radius 1 is 1.26 bits per heavy atom. The van der Waals surface area contributed by atoms with Crippen LogP contribution in [0.15, 0.2) is 42.5 Å². The number of fused-ring (bicyclic) bond motifs is 1. The van der Waals surface area contributed by atoms with Crippen LogP contribution >= 0.6 is 22.9 Å². The van der Waals surface area contributed by atoms with E-state index in [1.165, 1.54) is 23.5 Å². The highest BCUT2D eigenvalue weighted by Crippen LogP contribution is 2.26. The molecule has 0 spiro atoms. The van der Waals surface area contributed by atoms with E-state index < -0.39 is 0 Å². The second-order valence-corrected chi connectivity index (χ2v) is 6.20. The molecule has 1 N–H and O–H groups in total. The lowest BCUT2D eigenvalue weighted by atomic mass is 10.3. The van der Waals surface area contributed by atoms with Crippen molar-refractivity contribution in [3.63, 3.8) is 0 Å². The smallest absolute Gasteiger partial charge is 0.229 e. The molecule has 3 aromatic rings. The number of rotatable bonds is 5. The lowest BCUT2D eigenvalue weighted by Gasteiger charge is -2.05. The number of hydrogen-bond donors (Lipinski definition) is 1. The van der Waals surface area contributed by atoms with Gasteiger partial charge in [-0.1, -0.05) is 22.9 Å². The Hall–Kier alpha value is -2.18. The van der Waals surface area contributed by atoms with Crippen molar-refractivity contribution < 1.29 is 13.9 Å². The number of benzene rings is 2. The maximum Gasteiger partial charge on any atom is 0.229 e. The molecule has 3 rings (SSSR count). The number of hydrogen-bond acceptors (Lipinski definition) is 4. The predicted octanol–water partition coefficient (Wildman–Crippen LogP) is 4.50. The molecule has 1 amide bonds. The molecule has 0 atom stereocenters. The summed E-state index contributed by atoms with van der Waals surface area (Å²) in [5, 5.41) is 3.76. The molecule has 23 heavy (non-hydrogen) atoms. The Bertz CT molecular complexity index is 836. The van der Waals surface area contributed by atoms with Gasteiger partial charge in [-0.25, -0.2) is 9.37 Å². The summed E-state index contributed by atoms with van der Waals surface area (Å²) in [5.74, 6) is 0.117. The van der Waals surface area contributed by atoms with Crippen molar-refractivity contribution in [1.82, 2.24) is 4.98 Å². The molecule has 1 heterocycles. The fourth-order valence-electron chi connectivity index (χ4n) is 1.93. The zero-order chi connectivity index (χ0) is 16.2. The van der Waals surface area contributed by atoms with Crippen LogP contribution in [0.5, 0.6) is 5.75 Å². The molecule has 0 aliphatic rings. The van der Waals surface area contributed by atoms with Crippen molar-refractivity contribution in [2.45, 2.75) is 6.42 Å². The van der Waals surface area contributed by atoms with E-state index in [0.717, 1.165) is 0 Å². The summed E-state index contributed by atoms with van der Waals surface area (Å²) in [5.41, 5.74) is 0.657. The summed E-state index contributed by atoms with van der Waals surface area (Å²) in [6.45, 7) is 0.243. The Morgan fingerprint density at radius 2 is 2.04 bits per heavy atom. The van der Waals surface area contributed by atoms with Gasteiger partial charge in [-0.15, -0.1) is 0 Å². The number of ether oxygens (including phenoxy) is 1. The number of nitrogens with zero attached hydrogens (tertiary/aromatic N) is 1. The number of amides is 1. The summed E-state index contributed by atoms with van der Waals surface area (Å²) in [4.78, 5) is 16.1. The minimum Gasteiger partial charge on any atom is -0.493 e. The van der Waals surface area contributed by atoms with E-state index in [9.17, 15) is 9.18 Å². The van der Waals surface area contributed by atoms with Gasteiger partial charge in [0.05, 0.1) is 23.2 Å². The highest BCUT2D eigenvalue weighted by atomic mass is 35.5. The normalized spacial score (nSPS) is 10.7. The van der Waals surface area contributed by atoms with Crippen LogP contribution in [0.2, 0.25) is 5.02 Å². The van der Waals surface area contributed by atoms with Crippen LogP contribution in [-0.4, -0.2) is 17.5 Å². The second kappa shape index (κ2) is 6.93. The third-order valence-electron chi connectivity index (χ3n) is 3.01. The van der Waals surface area contributed by atoms with Gasteiger partial charge in [0, 0.05) is 5.02 Å². The Balaban J connectivity index is 1.53. The van der Waals surface area contributed by atoms with Crippen molar-refractivity contribution in [2.24, 2.45) is 0 Å². The Morgan fingerprint density at radius 3 is 2.83 bits per heavy atom. The molecule has 0 saturated carbocycles. The molecular formula is C16H12ClFN2O2S. The molecule has 0 radical (unpaired) electrons. The highest BCUT2D eigenvalue weighted by molar-refractivity contribution is 7.22. The molecule has 0 bridgehead atoms. The lowest BCUT2D eigenvalue weighted by molar-refractivity contribution is -0.116. The molecule has 1 aromatic heterocycles. The van der Waals surface area contributed by atoms with Crippen LogP contribution in [-0.2, 0) is 4.79 Å². The van der Waals surface area contributed by atoms with Gasteiger partial charge in [0.25, 0.3) is 0 Å². The Kier molecular flexibility index (Phi) is 4.73. The maximum atomic E-state index is 13.1. The van der Waals surface area contributed by atoms with Crippen LogP contribution < -0.4 is 10.1 Å². The van der Waals surface area contributed by atoms with Crippen molar-refractivity contribution >= 4 is 44.2 Å². The fraction of sp³-hybridized carbons (Fsp3) is 0.125. The highest BCUT2D eigenvalue weighted by Gasteiger charge is 2.08. The minimum absolute atomic E-state index is 0.187. The van der Waals surface area contributed by atoms with Crippen molar-refractivity contribution in [3.05, 3.63) is 53.3 Å². The van der Waals surface area contributed by atoms with Gasteiger partial charge >= 0.3 is 0 Å². The van der Waals surface area contributed by atoms with Crippen molar-refractivity contribution in [3.8, 4) is 5.75 Å². The van der Waals surface area contributed by atoms with Gasteiger partial charge in [0.15, 0.2) is 5.13 Å². The van der Waals surface area contributed by atoms with Crippen molar-refractivity contribution in [1.29, 1.82) is 0 Å². The number of carbonyl (C=O) groups excluding carboxylic acids is 1. The minimum atomic E-state index is -0.324. The van der Waals surface area contributed by atoms with Crippen LogP contribution in [0, 0.1) is 5.82 Å². The summed E-state index contributed by atoms with van der Waals surface area (Å²) < 4.78 is 19.3. The topological polar surface area (TPSA) is 51.2 Å². The standard InChI is InChI=1S/C16H12ClFN2O2S/c17-10-1-4-12(5-2-10)22-8-7-15(21)20-16-19-13-6-3-11(18)9-14(13)23-16/h1-6,9H,7-8H2,(H,19,20,21). The zero-order valence-electron chi connectivity index (χ0n) is 11.9. The molecule has 4 nitrogen and oxygen atoms in total. The Labute approximate surface area is 140 Å². The molecule has 118 valence electrons. The van der Waals surface area contributed by atoms with Gasteiger partial charge in [0.1, 0.15) is 11.6 Å². The lowest BCUT2D eigenvalue weighted by Crippen LogP contribution is -2.14. The summed E-state index contributed by atoms with van der Waals surface area (Å²) >= 11 is 7.01. The first-order chi connectivity index (χ1) is 11.1. The van der Waals surface area contributed by atoms with Crippen LogP contribution in [0.3, 0.4) is 0 Å². The predicted molar refractivity (Wildman–Crippen MR) is 89.8 cm³/mol. The molecule has 0 aliphatic heterocycles. The third kappa shape index (κ3) is 4.18. The molecule has 0 saturated heterocycles. The van der Waals surface area contributed by atoms with Crippen LogP contribution in [0.4, 0.5) is 9.52 Å². The van der Waals surface area contributed by atoms with E-state index in [0.29, 0.717) is 26.1 Å². The first-order valence-electron chi connectivity index (χ1n) is 6.84. The first-order valence-corrected chi connectivity index (χ1v) is 8.04. The third-order valence-corrected chi connectivity index (χ3v) is 4.19. The van der Waals surface area contributed by atoms with E-state index in [4.69, 9.17) is 16.3 Å². The first kappa shape index (κ1) is 15.7. The van der Waals surface area contributed by atoms with E-state index in [-0.39, 0.29) is 24.8 Å². The van der Waals surface area contributed by atoms with E-state index in [2.05, 4.69) is 10.3 Å². The number of halogens is 2. The molecule has 0 unspecified atom stereocenters. The quantitative estimate of drug-likeness (QED) is 0.737. The molecule has 2 aromatic carbocycles. The van der Waals surface area contributed by atoms with Crippen LogP contribution in [0.1, 0.15) is 6.42 Å². The van der Waals surface area contributed by atoms with Gasteiger partial charge in [0.2, 0.25) is 5.91 Å². The number of anilines is 1. The number of carbonyl (C=O) groups is 1. The molecule has 7 heteroatoms. The van der Waals surface area contributed by atoms with E-state index in [1.807, 2.05) is 0 Å². The van der Waals surface area contributed by atoms with Gasteiger partial charge in [-0.2, -0.15) is 0 Å². The average Bonchev–Trinajstić information content (AvgIpc) is 2.90. The van der Waals surface area contributed by atoms with Gasteiger partial charge in [-0.05, 0) is 42.5 Å². The van der Waals surface area contributed by atoms with Crippen molar-refractivity contribution in [2.75, 3.05) is 11.9 Å². The van der Waals surface area contributed by atoms with Crippen LogP contribution in [0.25, 0.3) is 10.2 Å². The van der Waals surface area contributed by atoms with Gasteiger partial charge in [-0.3, -0.25) is 4.79 Å². The number of thiazole rings is 1. The summed E-state index contributed by atoms with van der Waals surface area (Å²) in [7, 11) is 0. The monoisotopic (exact) mass is 350 g/mol. The summed E-state index contributed by atoms with van der Waals surface area (Å²) in [6.07, 6.45) is 0.187. The second-order valence-electron chi connectivity index (χ2n) is 4.73. The fourth-order valence-corrected chi connectivity index (χ4v) is 2.96. The molecule has 0 aliphatic carbocycles. The molecule has 0 fully saturated rings. The van der Waals surface area contributed by atoms with E-state index >= 15 is 0 Å². The maximum absolute atomic E-state index is 13.1. The van der Waals surface area contributed by atoms with Gasteiger partial charge < -0.3 is 10.1 Å². The number of nitrogens with one attached hydrogen (secondary N) is 1. The average molecular weight is 351 g/mol. The van der Waals surface area contributed by atoms with E-state index in [1.54, 1.807) is 30.3 Å². The SMILES string of the molecule is O=C(CCOc1ccc(Cl)cc1)Nc1nc2ccc(F)cc2s1.